The van der Waals surface area contributed by atoms with Gasteiger partial charge in [0.2, 0.25) is 5.91 Å². The van der Waals surface area contributed by atoms with Crippen LogP contribution in [0.3, 0.4) is 0 Å². The Balaban J connectivity index is 1.95. The van der Waals surface area contributed by atoms with Gasteiger partial charge < -0.3 is 16.0 Å². The van der Waals surface area contributed by atoms with Gasteiger partial charge in [0.25, 0.3) is 0 Å². The van der Waals surface area contributed by atoms with Crippen LogP contribution in [-0.4, -0.2) is 24.0 Å². The number of rotatable bonds is 3. The lowest BCUT2D eigenvalue weighted by Gasteiger charge is -2.26. The maximum absolute atomic E-state index is 12.1. The SMILES string of the molecule is CC(C)c1cccc(NC(=O)N[C@@H]2C[C@H](C(C)(C)C)NC2=O)c1. The van der Waals surface area contributed by atoms with Crippen LogP contribution in [0.5, 0.6) is 0 Å². The molecule has 3 amide bonds. The number of benzene rings is 1. The molecule has 0 spiro atoms. The Bertz CT molecular complexity index is 590. The molecule has 1 aliphatic rings. The summed E-state index contributed by atoms with van der Waals surface area (Å²) >= 11 is 0. The van der Waals surface area contributed by atoms with Crippen LogP contribution in [0, 0.1) is 5.41 Å². The van der Waals surface area contributed by atoms with Gasteiger partial charge in [-0.15, -0.1) is 0 Å². The summed E-state index contributed by atoms with van der Waals surface area (Å²) in [4.78, 5) is 24.2. The Labute approximate surface area is 138 Å². The normalized spacial score (nSPS) is 21.2. The van der Waals surface area contributed by atoms with E-state index >= 15 is 0 Å². The zero-order valence-electron chi connectivity index (χ0n) is 14.6. The molecule has 0 unspecified atom stereocenters. The minimum absolute atomic E-state index is 0.0197. The van der Waals surface area contributed by atoms with Crippen LogP contribution in [0.4, 0.5) is 10.5 Å². The summed E-state index contributed by atoms with van der Waals surface area (Å²) in [6, 6.07) is 7.00. The lowest BCUT2D eigenvalue weighted by molar-refractivity contribution is -0.121. The quantitative estimate of drug-likeness (QED) is 0.801. The molecule has 126 valence electrons. The van der Waals surface area contributed by atoms with Crippen molar-refractivity contribution in [2.24, 2.45) is 5.41 Å². The molecular weight excluding hydrogens is 290 g/mol. The molecule has 1 saturated heterocycles. The minimum atomic E-state index is -0.479. The molecule has 2 atom stereocenters. The van der Waals surface area contributed by atoms with E-state index in [4.69, 9.17) is 0 Å². The Morgan fingerprint density at radius 2 is 2.00 bits per heavy atom. The molecule has 1 aromatic rings. The Morgan fingerprint density at radius 1 is 1.30 bits per heavy atom. The first-order chi connectivity index (χ1) is 10.7. The molecule has 5 nitrogen and oxygen atoms in total. The predicted molar refractivity (Wildman–Crippen MR) is 92.5 cm³/mol. The summed E-state index contributed by atoms with van der Waals surface area (Å²) in [6.07, 6.45) is 0.613. The van der Waals surface area contributed by atoms with Gasteiger partial charge in [-0.1, -0.05) is 46.8 Å². The summed E-state index contributed by atoms with van der Waals surface area (Å²) in [5.74, 6) is 0.281. The molecule has 0 aromatic heterocycles. The van der Waals surface area contributed by atoms with Crippen molar-refractivity contribution in [3.63, 3.8) is 0 Å². The fraction of sp³-hybridized carbons (Fsp3) is 0.556. The molecule has 0 radical (unpaired) electrons. The van der Waals surface area contributed by atoms with E-state index in [-0.39, 0.29) is 23.4 Å². The third-order valence-corrected chi connectivity index (χ3v) is 4.27. The van der Waals surface area contributed by atoms with Crippen molar-refractivity contribution in [2.75, 3.05) is 5.32 Å². The van der Waals surface area contributed by atoms with Crippen molar-refractivity contribution < 1.29 is 9.59 Å². The van der Waals surface area contributed by atoms with E-state index in [1.807, 2.05) is 24.3 Å². The number of nitrogens with one attached hydrogen (secondary N) is 3. The monoisotopic (exact) mass is 317 g/mol. The van der Waals surface area contributed by atoms with E-state index in [2.05, 4.69) is 50.6 Å². The van der Waals surface area contributed by atoms with E-state index < -0.39 is 6.04 Å². The molecule has 2 rings (SSSR count). The van der Waals surface area contributed by atoms with Crippen molar-refractivity contribution in [2.45, 2.75) is 59.0 Å². The van der Waals surface area contributed by atoms with Gasteiger partial charge in [-0.25, -0.2) is 4.79 Å². The molecule has 0 saturated carbocycles. The summed E-state index contributed by atoms with van der Waals surface area (Å²) < 4.78 is 0. The number of amides is 3. The first kappa shape index (κ1) is 17.3. The van der Waals surface area contributed by atoms with Crippen LogP contribution < -0.4 is 16.0 Å². The van der Waals surface area contributed by atoms with Gasteiger partial charge >= 0.3 is 6.03 Å². The zero-order valence-corrected chi connectivity index (χ0v) is 14.6. The van der Waals surface area contributed by atoms with Crippen molar-refractivity contribution in [1.29, 1.82) is 0 Å². The zero-order chi connectivity index (χ0) is 17.2. The van der Waals surface area contributed by atoms with Crippen LogP contribution in [-0.2, 0) is 4.79 Å². The van der Waals surface area contributed by atoms with Crippen LogP contribution in [0.1, 0.15) is 52.5 Å². The van der Waals surface area contributed by atoms with E-state index in [0.717, 1.165) is 11.3 Å². The maximum Gasteiger partial charge on any atom is 0.319 e. The molecule has 1 fully saturated rings. The van der Waals surface area contributed by atoms with Crippen molar-refractivity contribution in [3.8, 4) is 0 Å². The molecular formula is C18H27N3O2. The van der Waals surface area contributed by atoms with Gasteiger partial charge in [0, 0.05) is 11.7 Å². The highest BCUT2D eigenvalue weighted by molar-refractivity contribution is 5.94. The number of hydrogen-bond acceptors (Lipinski definition) is 2. The van der Waals surface area contributed by atoms with Gasteiger partial charge in [-0.05, 0) is 35.4 Å². The molecule has 1 aromatic carbocycles. The summed E-state index contributed by atoms with van der Waals surface area (Å²) in [6.45, 7) is 10.5. The highest BCUT2D eigenvalue weighted by Crippen LogP contribution is 2.26. The van der Waals surface area contributed by atoms with Gasteiger partial charge in [-0.3, -0.25) is 4.79 Å². The van der Waals surface area contributed by atoms with E-state index in [9.17, 15) is 9.59 Å². The van der Waals surface area contributed by atoms with Gasteiger partial charge in [0.15, 0.2) is 0 Å². The molecule has 3 N–H and O–H groups in total. The van der Waals surface area contributed by atoms with Crippen LogP contribution >= 0.6 is 0 Å². The molecule has 1 aliphatic heterocycles. The lowest BCUT2D eigenvalue weighted by atomic mass is 9.85. The van der Waals surface area contributed by atoms with Gasteiger partial charge in [0.1, 0.15) is 6.04 Å². The Kier molecular flexibility index (Phi) is 4.97. The van der Waals surface area contributed by atoms with Crippen LogP contribution in [0.25, 0.3) is 0 Å². The number of carbonyl (C=O) groups is 2. The fourth-order valence-corrected chi connectivity index (χ4v) is 2.67. The molecule has 23 heavy (non-hydrogen) atoms. The second kappa shape index (κ2) is 6.60. The smallest absolute Gasteiger partial charge is 0.319 e. The number of carbonyl (C=O) groups excluding carboxylic acids is 2. The predicted octanol–water partition coefficient (Wildman–Crippen LogP) is 3.23. The number of hydrogen-bond donors (Lipinski definition) is 3. The Hall–Kier alpha value is -2.04. The van der Waals surface area contributed by atoms with Crippen molar-refractivity contribution >= 4 is 17.6 Å². The molecule has 0 bridgehead atoms. The average molecular weight is 317 g/mol. The molecule has 0 aliphatic carbocycles. The maximum atomic E-state index is 12.1. The topological polar surface area (TPSA) is 70.2 Å². The number of urea groups is 1. The van der Waals surface area contributed by atoms with E-state index in [1.165, 1.54) is 0 Å². The second-order valence-corrected chi connectivity index (χ2v) is 7.59. The summed E-state index contributed by atoms with van der Waals surface area (Å²) in [5, 5.41) is 8.53. The largest absolute Gasteiger partial charge is 0.351 e. The fourth-order valence-electron chi connectivity index (χ4n) is 2.67. The highest BCUT2D eigenvalue weighted by Gasteiger charge is 2.38. The first-order valence-corrected chi connectivity index (χ1v) is 8.14. The average Bonchev–Trinajstić information content (AvgIpc) is 2.80. The van der Waals surface area contributed by atoms with Crippen LogP contribution in [0.15, 0.2) is 24.3 Å². The molecule has 1 heterocycles. The van der Waals surface area contributed by atoms with Crippen LogP contribution in [0.2, 0.25) is 0 Å². The van der Waals surface area contributed by atoms with E-state index in [0.29, 0.717) is 12.3 Å². The highest BCUT2D eigenvalue weighted by atomic mass is 16.2. The summed E-state index contributed by atoms with van der Waals surface area (Å²) in [7, 11) is 0. The van der Waals surface area contributed by atoms with Gasteiger partial charge in [0.05, 0.1) is 0 Å². The lowest BCUT2D eigenvalue weighted by Crippen LogP contribution is -2.42. The minimum Gasteiger partial charge on any atom is -0.351 e. The van der Waals surface area contributed by atoms with E-state index in [1.54, 1.807) is 0 Å². The third kappa shape index (κ3) is 4.47. The Morgan fingerprint density at radius 3 is 2.57 bits per heavy atom. The number of anilines is 1. The van der Waals surface area contributed by atoms with Gasteiger partial charge in [-0.2, -0.15) is 0 Å². The molecule has 5 heteroatoms. The second-order valence-electron chi connectivity index (χ2n) is 7.59. The first-order valence-electron chi connectivity index (χ1n) is 8.14. The van der Waals surface area contributed by atoms with Crippen molar-refractivity contribution in [3.05, 3.63) is 29.8 Å². The third-order valence-electron chi connectivity index (χ3n) is 4.27. The summed E-state index contributed by atoms with van der Waals surface area (Å²) in [5.41, 5.74) is 1.88. The van der Waals surface area contributed by atoms with Crippen molar-refractivity contribution in [1.82, 2.24) is 10.6 Å². The standard InChI is InChI=1S/C18H27N3O2/c1-11(2)12-7-6-8-13(9-12)19-17(23)20-14-10-15(18(3,4)5)21-16(14)22/h6-9,11,14-15H,10H2,1-5H3,(H,21,22)(H2,19,20,23)/t14-,15-/m1/s1.